The number of hydrogen-bond acceptors (Lipinski definition) is 15. The molecule has 0 amide bonds. The highest BCUT2D eigenvalue weighted by Gasteiger charge is 2.30. The van der Waals surface area contributed by atoms with Gasteiger partial charge in [-0.15, -0.1) is 0 Å². The molecule has 0 aromatic carbocycles. The van der Waals surface area contributed by atoms with Crippen LogP contribution in [0.5, 0.6) is 0 Å². The average molecular weight is 1330 g/mol. The molecule has 90 heavy (non-hydrogen) atoms. The molecule has 0 saturated carbocycles. The summed E-state index contributed by atoms with van der Waals surface area (Å²) in [6.07, 6.45) is 51.2. The number of unbranched alkanes of at least 4 members (excludes halogenated alkanes) is 43. The average Bonchev–Trinajstić information content (AvgIpc) is 3.73. The minimum Gasteiger partial charge on any atom is -0.462 e. The number of rotatable bonds is 71. The summed E-state index contributed by atoms with van der Waals surface area (Å²) in [4.78, 5) is 72.6. The normalized spacial score (nSPS) is 14.1. The van der Waals surface area contributed by atoms with E-state index in [-0.39, 0.29) is 25.7 Å². The van der Waals surface area contributed by atoms with E-state index in [9.17, 15) is 43.2 Å². The first-order valence-electron chi connectivity index (χ1n) is 37.1. The highest BCUT2D eigenvalue weighted by molar-refractivity contribution is 7.47. The lowest BCUT2D eigenvalue weighted by Gasteiger charge is -2.21. The van der Waals surface area contributed by atoms with Crippen LogP contribution in [0.3, 0.4) is 0 Å². The van der Waals surface area contributed by atoms with Gasteiger partial charge in [0.15, 0.2) is 12.2 Å². The van der Waals surface area contributed by atoms with Crippen LogP contribution in [0.4, 0.5) is 0 Å². The van der Waals surface area contributed by atoms with Gasteiger partial charge in [0, 0.05) is 25.7 Å². The largest absolute Gasteiger partial charge is 0.472 e. The smallest absolute Gasteiger partial charge is 0.462 e. The predicted molar refractivity (Wildman–Crippen MR) is 363 cm³/mol. The van der Waals surface area contributed by atoms with E-state index in [4.69, 9.17) is 37.0 Å². The topological polar surface area (TPSA) is 237 Å². The molecule has 0 heterocycles. The van der Waals surface area contributed by atoms with E-state index in [1.54, 1.807) is 0 Å². The van der Waals surface area contributed by atoms with Gasteiger partial charge in [-0.3, -0.25) is 37.3 Å². The minimum atomic E-state index is -4.95. The molecule has 0 aliphatic rings. The molecule has 0 aliphatic heterocycles. The maximum atomic E-state index is 13.0. The fraction of sp³-hybridized carbons (Fsp3) is 0.944. The van der Waals surface area contributed by atoms with Gasteiger partial charge in [-0.05, 0) is 31.6 Å². The molecule has 17 nitrogen and oxygen atoms in total. The molecule has 0 saturated heterocycles. The van der Waals surface area contributed by atoms with E-state index in [2.05, 4.69) is 34.6 Å². The van der Waals surface area contributed by atoms with E-state index in [1.165, 1.54) is 193 Å². The van der Waals surface area contributed by atoms with Gasteiger partial charge in [-0.25, -0.2) is 9.13 Å². The Balaban J connectivity index is 5.24. The summed E-state index contributed by atoms with van der Waals surface area (Å²) in [5.74, 6) is -1.35. The summed E-state index contributed by atoms with van der Waals surface area (Å²) < 4.78 is 68.3. The van der Waals surface area contributed by atoms with E-state index in [0.717, 1.165) is 95.8 Å². The summed E-state index contributed by atoms with van der Waals surface area (Å²) in [5.41, 5.74) is 0. The van der Waals surface area contributed by atoms with Crippen LogP contribution in [0.15, 0.2) is 0 Å². The maximum absolute atomic E-state index is 13.0. The van der Waals surface area contributed by atoms with E-state index in [0.29, 0.717) is 25.7 Å². The Morgan fingerprint density at radius 2 is 0.511 bits per heavy atom. The first-order valence-corrected chi connectivity index (χ1v) is 40.1. The van der Waals surface area contributed by atoms with Crippen molar-refractivity contribution in [3.63, 3.8) is 0 Å². The lowest BCUT2D eigenvalue weighted by atomic mass is 10.0. The fourth-order valence-corrected chi connectivity index (χ4v) is 12.4. The van der Waals surface area contributed by atoms with Crippen molar-refractivity contribution in [3.8, 4) is 0 Å². The van der Waals surface area contributed by atoms with Crippen molar-refractivity contribution in [3.05, 3.63) is 0 Å². The second kappa shape index (κ2) is 64.4. The summed E-state index contributed by atoms with van der Waals surface area (Å²) in [6.45, 7) is 7.25. The standard InChI is InChI=1S/C71H138O17P2/c1-6-9-12-15-18-21-23-25-26-27-31-37-42-47-52-57-71(76)88-67(61-82-69(74)55-50-45-40-35-32-28-29-34-38-43-48-53-64(4)5)63-86-90(79,80)84-59-65(72)58-83-89(77,78)85-62-66(60-81-68(73)54-49-44-39-33-20-17-14-11-8-3)87-70(75)56-51-46-41-36-30-24-22-19-16-13-10-7-2/h64-67,72H,6-63H2,1-5H3,(H,77,78)(H,79,80)/t65-,66+,67+/m0/s1. The van der Waals surface area contributed by atoms with Crippen molar-refractivity contribution in [1.29, 1.82) is 0 Å². The van der Waals surface area contributed by atoms with Gasteiger partial charge in [-0.2, -0.15) is 0 Å². The molecular weight excluding hydrogens is 1190 g/mol. The number of hydrogen-bond donors (Lipinski definition) is 3. The number of carbonyl (C=O) groups is 4. The molecule has 0 spiro atoms. The molecule has 0 fully saturated rings. The SMILES string of the molecule is CCCCCCCCCCCCCCCCCC(=O)O[C@H](COC(=O)CCCCCCCCCCCCCC(C)C)COP(=O)(O)OC[C@@H](O)COP(=O)(O)OC[C@@H](COC(=O)CCCCCCCCCCC)OC(=O)CCCCCCCCCCCCCC. The zero-order chi connectivity index (χ0) is 66.3. The molecule has 0 radical (unpaired) electrons. The second-order valence-corrected chi connectivity index (χ2v) is 29.0. The zero-order valence-electron chi connectivity index (χ0n) is 58.3. The third-order valence-corrected chi connectivity index (χ3v) is 18.4. The molecule has 0 aromatic heterocycles. The van der Waals surface area contributed by atoms with Crippen LogP contribution in [0.25, 0.3) is 0 Å². The fourth-order valence-electron chi connectivity index (χ4n) is 10.8. The molecule has 0 aromatic rings. The summed E-state index contributed by atoms with van der Waals surface area (Å²) >= 11 is 0. The lowest BCUT2D eigenvalue weighted by molar-refractivity contribution is -0.161. The number of carbonyl (C=O) groups excluding carboxylic acids is 4. The number of esters is 4. The van der Waals surface area contributed by atoms with E-state index < -0.39 is 97.5 Å². The van der Waals surface area contributed by atoms with Crippen LogP contribution >= 0.6 is 15.6 Å². The van der Waals surface area contributed by atoms with Crippen molar-refractivity contribution in [1.82, 2.24) is 0 Å². The summed E-state index contributed by atoms with van der Waals surface area (Å²) in [7, 11) is -9.90. The molecule has 3 N–H and O–H groups in total. The van der Waals surface area contributed by atoms with Gasteiger partial charge in [0.25, 0.3) is 0 Å². The molecular formula is C71H138O17P2. The van der Waals surface area contributed by atoms with Crippen LogP contribution < -0.4 is 0 Å². The van der Waals surface area contributed by atoms with Crippen molar-refractivity contribution in [2.75, 3.05) is 39.6 Å². The van der Waals surface area contributed by atoms with Crippen LogP contribution in [0, 0.1) is 5.92 Å². The molecule has 0 aliphatic carbocycles. The van der Waals surface area contributed by atoms with Crippen LogP contribution in [0.1, 0.15) is 369 Å². The molecule has 0 bridgehead atoms. The van der Waals surface area contributed by atoms with Gasteiger partial charge in [0.05, 0.1) is 26.4 Å². The third kappa shape index (κ3) is 64.8. The predicted octanol–water partition coefficient (Wildman–Crippen LogP) is 20.5. The van der Waals surface area contributed by atoms with Crippen LogP contribution in [-0.2, 0) is 65.4 Å². The quantitative estimate of drug-likeness (QED) is 0.0222. The molecule has 2 unspecified atom stereocenters. The second-order valence-electron chi connectivity index (χ2n) is 26.1. The maximum Gasteiger partial charge on any atom is 0.472 e. The summed E-state index contributed by atoms with van der Waals surface area (Å²) in [6, 6.07) is 0. The van der Waals surface area contributed by atoms with E-state index >= 15 is 0 Å². The van der Waals surface area contributed by atoms with Crippen molar-refractivity contribution in [2.24, 2.45) is 5.92 Å². The lowest BCUT2D eigenvalue weighted by Crippen LogP contribution is -2.30. The Morgan fingerprint density at radius 1 is 0.300 bits per heavy atom. The minimum absolute atomic E-state index is 0.107. The number of phosphoric ester groups is 2. The van der Waals surface area contributed by atoms with Gasteiger partial charge < -0.3 is 33.8 Å². The van der Waals surface area contributed by atoms with Crippen molar-refractivity contribution < 1.29 is 80.2 Å². The molecule has 0 rings (SSSR count). The Morgan fingerprint density at radius 3 is 0.756 bits per heavy atom. The highest BCUT2D eigenvalue weighted by atomic mass is 31.2. The van der Waals surface area contributed by atoms with Gasteiger partial charge in [-0.1, -0.05) is 317 Å². The van der Waals surface area contributed by atoms with Crippen molar-refractivity contribution in [2.45, 2.75) is 387 Å². The Kier molecular flexibility index (Phi) is 63.0. The summed E-state index contributed by atoms with van der Waals surface area (Å²) in [5, 5.41) is 10.6. The molecule has 19 heteroatoms. The van der Waals surface area contributed by atoms with Crippen LogP contribution in [-0.4, -0.2) is 96.7 Å². The highest BCUT2D eigenvalue weighted by Crippen LogP contribution is 2.45. The molecule has 534 valence electrons. The van der Waals surface area contributed by atoms with Crippen molar-refractivity contribution >= 4 is 39.5 Å². The molecule has 5 atom stereocenters. The Labute approximate surface area is 549 Å². The van der Waals surface area contributed by atoms with Gasteiger partial charge in [0.1, 0.15) is 19.3 Å². The van der Waals surface area contributed by atoms with Gasteiger partial charge >= 0.3 is 39.5 Å². The first kappa shape index (κ1) is 88.1. The number of phosphoric acid groups is 2. The van der Waals surface area contributed by atoms with Gasteiger partial charge in [0.2, 0.25) is 0 Å². The Bertz CT molecular complexity index is 1740. The monoisotopic (exact) mass is 1320 g/mol. The number of ether oxygens (including phenoxy) is 4. The van der Waals surface area contributed by atoms with E-state index in [1.807, 2.05) is 0 Å². The Hall–Kier alpha value is -1.94. The number of aliphatic hydroxyl groups excluding tert-OH is 1. The zero-order valence-corrected chi connectivity index (χ0v) is 60.1. The van der Waals surface area contributed by atoms with Crippen LogP contribution in [0.2, 0.25) is 0 Å². The third-order valence-electron chi connectivity index (χ3n) is 16.5. The first-order chi connectivity index (χ1) is 43.5. The number of aliphatic hydroxyl groups is 1.